The number of fused-ring (bicyclic) bond motifs is 5. The topological polar surface area (TPSA) is 80.7 Å². The molecule has 0 bridgehead atoms. The maximum atomic E-state index is 17.2. The number of hydrogen-bond donors (Lipinski definition) is 1. The van der Waals surface area contributed by atoms with Crippen molar-refractivity contribution >= 4 is 29.1 Å². The molecule has 0 spiro atoms. The number of carbonyl (C=O) groups excluding carboxylic acids is 3. The van der Waals surface area contributed by atoms with Crippen LogP contribution in [0.4, 0.5) is 4.39 Å². The molecule has 3 saturated carbocycles. The Bertz CT molecular complexity index is 888. The summed E-state index contributed by atoms with van der Waals surface area (Å²) in [5.74, 6) is -2.25. The van der Waals surface area contributed by atoms with Crippen molar-refractivity contribution < 1.29 is 28.6 Å². The average Bonchev–Trinajstić information content (AvgIpc) is 2.96. The van der Waals surface area contributed by atoms with Crippen LogP contribution in [0.5, 0.6) is 0 Å². The van der Waals surface area contributed by atoms with Crippen molar-refractivity contribution in [1.82, 2.24) is 0 Å². The molecule has 4 aliphatic rings. The smallest absolute Gasteiger partial charge is 0.306 e. The molecule has 5 nitrogen and oxygen atoms in total. The molecule has 0 aromatic rings. The molecule has 8 atom stereocenters. The number of halogens is 2. The van der Waals surface area contributed by atoms with Gasteiger partial charge in [0.15, 0.2) is 17.2 Å². The number of ketones is 2. The first-order valence-corrected chi connectivity index (χ1v) is 12.4. The lowest BCUT2D eigenvalue weighted by atomic mass is 9.43. The van der Waals surface area contributed by atoms with Gasteiger partial charge in [0.1, 0.15) is 5.67 Å². The van der Waals surface area contributed by atoms with E-state index in [4.69, 9.17) is 16.3 Å². The zero-order valence-electron chi connectivity index (χ0n) is 19.4. The highest BCUT2D eigenvalue weighted by Gasteiger charge is 2.77. The van der Waals surface area contributed by atoms with Crippen LogP contribution < -0.4 is 0 Å². The first-order chi connectivity index (χ1) is 14.9. The Labute approximate surface area is 194 Å². The number of Topliss-reactive ketones (excluding diaryl/α,β-unsaturated/α-hetero) is 1. The number of rotatable bonds is 4. The van der Waals surface area contributed by atoms with E-state index in [0.717, 1.165) is 5.57 Å². The van der Waals surface area contributed by atoms with E-state index in [0.29, 0.717) is 25.7 Å². The number of alkyl halides is 2. The Balaban J connectivity index is 1.84. The lowest BCUT2D eigenvalue weighted by Crippen LogP contribution is -2.70. The molecule has 0 amide bonds. The molecule has 178 valence electrons. The minimum Gasteiger partial charge on any atom is -0.450 e. The fraction of sp³-hybridized carbons (Fsp3) is 0.800. The van der Waals surface area contributed by atoms with E-state index < -0.39 is 40.1 Å². The third-order valence-electron chi connectivity index (χ3n) is 9.68. The van der Waals surface area contributed by atoms with Gasteiger partial charge in [0.2, 0.25) is 0 Å². The molecule has 3 fully saturated rings. The van der Waals surface area contributed by atoms with Gasteiger partial charge >= 0.3 is 5.97 Å². The molecule has 0 heterocycles. The molecule has 4 aliphatic carbocycles. The summed E-state index contributed by atoms with van der Waals surface area (Å²) < 4.78 is 23.2. The Morgan fingerprint density at radius 3 is 2.59 bits per heavy atom. The van der Waals surface area contributed by atoms with E-state index in [2.05, 4.69) is 0 Å². The minimum absolute atomic E-state index is 0.00540. The third-order valence-corrected chi connectivity index (χ3v) is 9.92. The monoisotopic (exact) mass is 468 g/mol. The average molecular weight is 469 g/mol. The van der Waals surface area contributed by atoms with Crippen LogP contribution in [-0.4, -0.2) is 45.9 Å². The van der Waals surface area contributed by atoms with Gasteiger partial charge in [0, 0.05) is 35.5 Å². The summed E-state index contributed by atoms with van der Waals surface area (Å²) in [6.45, 7) is 7.26. The van der Waals surface area contributed by atoms with E-state index in [1.165, 1.54) is 0 Å². The highest BCUT2D eigenvalue weighted by atomic mass is 35.5. The standard InChI is InChI=1S/C25H34ClFO5/c1-5-21(31)32-25(20(30)13-26)14(2)10-18-17-7-6-15-11-16(28)8-9-22(15,3)24(17,27)19(29)12-23(18,25)4/h11,14,17-19,29H,5-10,12-13H2,1-4H3/t14?,17-,18-,19?,22-,23-,24-,25-/m0/s1. The number of allylic oxidation sites excluding steroid dienone is 1. The summed E-state index contributed by atoms with van der Waals surface area (Å²) in [7, 11) is 0. The molecule has 1 N–H and O–H groups in total. The van der Waals surface area contributed by atoms with E-state index >= 15 is 4.39 Å². The number of carbonyl (C=O) groups is 3. The fourth-order valence-electron chi connectivity index (χ4n) is 8.11. The molecule has 0 aliphatic heterocycles. The van der Waals surface area contributed by atoms with E-state index in [1.54, 1.807) is 13.0 Å². The highest BCUT2D eigenvalue weighted by Crippen LogP contribution is 2.72. The van der Waals surface area contributed by atoms with Crippen LogP contribution in [0.1, 0.15) is 72.6 Å². The van der Waals surface area contributed by atoms with Crippen molar-refractivity contribution in [1.29, 1.82) is 0 Å². The number of ether oxygens (including phenoxy) is 1. The Kier molecular flexibility index (Phi) is 5.69. The molecular weight excluding hydrogens is 435 g/mol. The van der Waals surface area contributed by atoms with Gasteiger partial charge in [-0.15, -0.1) is 11.6 Å². The Morgan fingerprint density at radius 1 is 1.28 bits per heavy atom. The molecule has 0 radical (unpaired) electrons. The SMILES string of the molecule is CCC(=O)O[C@]1(C(=O)CCl)C(C)C[C@H]2[C@@H]3CCC4=CC(=O)CC[C@]4(C)[C@@]3(F)C(O)C[C@@]21C. The summed E-state index contributed by atoms with van der Waals surface area (Å²) in [5, 5.41) is 11.4. The molecule has 0 saturated heterocycles. The second kappa shape index (κ2) is 7.63. The van der Waals surface area contributed by atoms with Gasteiger partial charge in [0.05, 0.1) is 12.0 Å². The number of hydrogen-bond acceptors (Lipinski definition) is 5. The summed E-state index contributed by atoms with van der Waals surface area (Å²) in [6, 6.07) is 0. The number of aliphatic hydroxyl groups excluding tert-OH is 1. The summed E-state index contributed by atoms with van der Waals surface area (Å²) in [6.07, 6.45) is 2.61. The second-order valence-electron chi connectivity index (χ2n) is 10.9. The minimum atomic E-state index is -1.91. The van der Waals surface area contributed by atoms with Crippen LogP contribution >= 0.6 is 11.6 Å². The van der Waals surface area contributed by atoms with E-state index in [9.17, 15) is 19.5 Å². The lowest BCUT2D eigenvalue weighted by Gasteiger charge is -2.63. The third kappa shape index (κ3) is 2.74. The van der Waals surface area contributed by atoms with Crippen LogP contribution in [-0.2, 0) is 19.1 Å². The summed E-state index contributed by atoms with van der Waals surface area (Å²) in [5.41, 5.74) is -4.44. The van der Waals surface area contributed by atoms with Gasteiger partial charge < -0.3 is 9.84 Å². The largest absolute Gasteiger partial charge is 0.450 e. The quantitative estimate of drug-likeness (QED) is 0.490. The van der Waals surface area contributed by atoms with Gasteiger partial charge in [-0.1, -0.05) is 33.3 Å². The van der Waals surface area contributed by atoms with Crippen LogP contribution in [0.25, 0.3) is 0 Å². The molecule has 0 aromatic carbocycles. The van der Waals surface area contributed by atoms with Gasteiger partial charge in [-0.3, -0.25) is 14.4 Å². The zero-order chi connectivity index (χ0) is 23.7. The van der Waals surface area contributed by atoms with Gasteiger partial charge in [0.25, 0.3) is 0 Å². The zero-order valence-corrected chi connectivity index (χ0v) is 20.1. The maximum Gasteiger partial charge on any atom is 0.306 e. The van der Waals surface area contributed by atoms with Gasteiger partial charge in [-0.25, -0.2) is 4.39 Å². The summed E-state index contributed by atoms with van der Waals surface area (Å²) in [4.78, 5) is 37.8. The van der Waals surface area contributed by atoms with Gasteiger partial charge in [-0.2, -0.15) is 0 Å². The number of aliphatic hydroxyl groups is 1. The van der Waals surface area contributed by atoms with Crippen molar-refractivity contribution in [3.05, 3.63) is 11.6 Å². The molecule has 0 aromatic heterocycles. The highest BCUT2D eigenvalue weighted by molar-refractivity contribution is 6.29. The van der Waals surface area contributed by atoms with E-state index in [-0.39, 0.29) is 48.5 Å². The molecular formula is C25H34ClFO5. The molecule has 32 heavy (non-hydrogen) atoms. The number of esters is 1. The van der Waals surface area contributed by atoms with Crippen LogP contribution in [0.15, 0.2) is 11.6 Å². The first-order valence-electron chi connectivity index (χ1n) is 11.8. The van der Waals surface area contributed by atoms with Crippen molar-refractivity contribution in [3.8, 4) is 0 Å². The van der Waals surface area contributed by atoms with E-state index in [1.807, 2.05) is 20.8 Å². The second-order valence-corrected chi connectivity index (χ2v) is 11.1. The van der Waals surface area contributed by atoms with Crippen molar-refractivity contribution in [2.75, 3.05) is 5.88 Å². The fourth-order valence-corrected chi connectivity index (χ4v) is 8.31. The Morgan fingerprint density at radius 2 is 1.97 bits per heavy atom. The van der Waals surface area contributed by atoms with Crippen LogP contribution in [0.3, 0.4) is 0 Å². The van der Waals surface area contributed by atoms with Gasteiger partial charge in [-0.05, 0) is 44.1 Å². The Hall–Kier alpha value is -1.27. The van der Waals surface area contributed by atoms with Crippen molar-refractivity contribution in [2.24, 2.45) is 28.6 Å². The van der Waals surface area contributed by atoms with Crippen molar-refractivity contribution in [3.63, 3.8) is 0 Å². The van der Waals surface area contributed by atoms with Crippen LogP contribution in [0.2, 0.25) is 0 Å². The maximum absolute atomic E-state index is 17.2. The normalized spacial score (nSPS) is 47.7. The van der Waals surface area contributed by atoms with Crippen LogP contribution in [0, 0.1) is 28.6 Å². The predicted molar refractivity (Wildman–Crippen MR) is 118 cm³/mol. The first kappa shape index (κ1) is 23.9. The molecule has 2 unspecified atom stereocenters. The van der Waals surface area contributed by atoms with Crippen molar-refractivity contribution in [2.45, 2.75) is 90.0 Å². The predicted octanol–water partition coefficient (Wildman–Crippen LogP) is 4.33. The summed E-state index contributed by atoms with van der Waals surface area (Å²) >= 11 is 6.02. The molecule has 7 heteroatoms. The lowest BCUT2D eigenvalue weighted by molar-refractivity contribution is -0.234. The molecule has 4 rings (SSSR count).